The summed E-state index contributed by atoms with van der Waals surface area (Å²) in [5, 5.41) is 0. The molecule has 176 valence electrons. The number of rotatable bonds is 8. The molecule has 3 rings (SSSR count). The maximum atomic E-state index is 14.5. The molecule has 0 amide bonds. The Labute approximate surface area is 183 Å². The van der Waals surface area contributed by atoms with Crippen LogP contribution < -0.4 is 9.47 Å². The summed E-state index contributed by atoms with van der Waals surface area (Å²) in [6, 6.07) is 7.54. The summed E-state index contributed by atoms with van der Waals surface area (Å²) in [7, 11) is 0. The second-order valence-corrected chi connectivity index (χ2v) is 8.29. The zero-order valence-corrected chi connectivity index (χ0v) is 17.7. The fourth-order valence-electron chi connectivity index (χ4n) is 4.12. The first-order chi connectivity index (χ1) is 15.1. The largest absolute Gasteiger partial charge is 0.573 e. The molecule has 1 aliphatic rings. The third-order valence-electron chi connectivity index (χ3n) is 6.05. The summed E-state index contributed by atoms with van der Waals surface area (Å²) in [4.78, 5) is 0. The predicted octanol–water partition coefficient (Wildman–Crippen LogP) is 8.00. The van der Waals surface area contributed by atoms with Crippen molar-refractivity contribution in [3.63, 3.8) is 0 Å². The summed E-state index contributed by atoms with van der Waals surface area (Å²) < 4.78 is 87.3. The molecule has 0 spiro atoms. The lowest BCUT2D eigenvalue weighted by Crippen LogP contribution is -2.22. The molecule has 0 N–H and O–H groups in total. The number of aryl methyl sites for hydroxylation is 1. The van der Waals surface area contributed by atoms with Gasteiger partial charge < -0.3 is 9.47 Å². The van der Waals surface area contributed by atoms with Crippen LogP contribution in [0.4, 0.5) is 26.3 Å². The standard InChI is InChI=1S/C24H26F6O2/c1-2-16-3-5-17(6-4-16)7-8-18-9-11-19(12-10-18)23(26,27)31-20-13-14-22(21(25)15-20)32-24(28,29)30/h9-17H,2-8H2,1H3/t16-,17-. The molecule has 0 bridgehead atoms. The van der Waals surface area contributed by atoms with E-state index in [1.807, 2.05) is 0 Å². The highest BCUT2D eigenvalue weighted by molar-refractivity contribution is 5.34. The van der Waals surface area contributed by atoms with Crippen LogP contribution in [0.3, 0.4) is 0 Å². The van der Waals surface area contributed by atoms with Crippen LogP contribution in [0.15, 0.2) is 42.5 Å². The lowest BCUT2D eigenvalue weighted by molar-refractivity contribution is -0.275. The van der Waals surface area contributed by atoms with Gasteiger partial charge in [-0.3, -0.25) is 0 Å². The predicted molar refractivity (Wildman–Crippen MR) is 108 cm³/mol. The van der Waals surface area contributed by atoms with E-state index in [9.17, 15) is 26.3 Å². The first kappa shape index (κ1) is 24.3. The van der Waals surface area contributed by atoms with Crippen molar-refractivity contribution in [2.24, 2.45) is 11.8 Å². The summed E-state index contributed by atoms with van der Waals surface area (Å²) in [5.41, 5.74) is 0.516. The summed E-state index contributed by atoms with van der Waals surface area (Å²) >= 11 is 0. The van der Waals surface area contributed by atoms with Crippen molar-refractivity contribution in [2.75, 3.05) is 0 Å². The number of hydrogen-bond acceptors (Lipinski definition) is 2. The minimum atomic E-state index is -5.09. The molecule has 1 aliphatic carbocycles. The molecule has 0 radical (unpaired) electrons. The first-order valence-corrected chi connectivity index (χ1v) is 10.8. The number of alkyl halides is 5. The van der Waals surface area contributed by atoms with Crippen molar-refractivity contribution >= 4 is 0 Å². The summed E-state index contributed by atoms with van der Waals surface area (Å²) in [6.45, 7) is 2.22. The summed E-state index contributed by atoms with van der Waals surface area (Å²) in [6.07, 6.45) is -0.879. The molecular formula is C24H26F6O2. The van der Waals surface area contributed by atoms with Crippen LogP contribution in [0.25, 0.3) is 0 Å². The molecule has 0 aromatic heterocycles. The third kappa shape index (κ3) is 6.81. The minimum Gasteiger partial charge on any atom is -0.429 e. The van der Waals surface area contributed by atoms with Gasteiger partial charge in [0.05, 0.1) is 5.56 Å². The van der Waals surface area contributed by atoms with Gasteiger partial charge in [0.2, 0.25) is 0 Å². The van der Waals surface area contributed by atoms with Gasteiger partial charge in [-0.1, -0.05) is 51.2 Å². The van der Waals surface area contributed by atoms with Gasteiger partial charge in [0.15, 0.2) is 11.6 Å². The maximum absolute atomic E-state index is 14.5. The molecule has 0 atom stereocenters. The van der Waals surface area contributed by atoms with Gasteiger partial charge in [-0.25, -0.2) is 4.39 Å². The number of ether oxygens (including phenoxy) is 2. The monoisotopic (exact) mass is 460 g/mol. The van der Waals surface area contributed by atoms with Gasteiger partial charge in [-0.15, -0.1) is 13.2 Å². The molecular weight excluding hydrogens is 434 g/mol. The Balaban J connectivity index is 1.57. The molecule has 2 aromatic rings. The minimum absolute atomic E-state index is 0.427. The van der Waals surface area contributed by atoms with E-state index in [0.29, 0.717) is 18.1 Å². The fraction of sp³-hybridized carbons (Fsp3) is 0.500. The normalized spacial score (nSPS) is 19.6. The van der Waals surface area contributed by atoms with Crippen LogP contribution in [0.1, 0.15) is 56.6 Å². The summed E-state index contributed by atoms with van der Waals surface area (Å²) in [5.74, 6) is -1.70. The van der Waals surface area contributed by atoms with Crippen LogP contribution in [-0.4, -0.2) is 6.36 Å². The SMILES string of the molecule is CC[C@H]1CC[C@H](CCc2ccc(C(F)(F)Oc3ccc(OC(F)(F)F)c(F)c3)cc2)CC1. The molecule has 8 heteroatoms. The number of halogens is 6. The van der Waals surface area contributed by atoms with E-state index in [4.69, 9.17) is 0 Å². The van der Waals surface area contributed by atoms with E-state index >= 15 is 0 Å². The van der Waals surface area contributed by atoms with Gasteiger partial charge in [0.1, 0.15) is 5.75 Å². The highest BCUT2D eigenvalue weighted by Crippen LogP contribution is 2.36. The van der Waals surface area contributed by atoms with Gasteiger partial charge in [-0.05, 0) is 54.5 Å². The molecule has 0 aliphatic heterocycles. The average Bonchev–Trinajstić information content (AvgIpc) is 2.74. The zero-order valence-electron chi connectivity index (χ0n) is 17.7. The molecule has 1 saturated carbocycles. The van der Waals surface area contributed by atoms with Gasteiger partial charge in [0.25, 0.3) is 0 Å². The lowest BCUT2D eigenvalue weighted by Gasteiger charge is -2.27. The van der Waals surface area contributed by atoms with Crippen molar-refractivity contribution in [3.05, 3.63) is 59.4 Å². The number of hydrogen-bond donors (Lipinski definition) is 0. The van der Waals surface area contributed by atoms with E-state index in [1.54, 1.807) is 12.1 Å². The van der Waals surface area contributed by atoms with E-state index in [1.165, 1.54) is 44.2 Å². The Hall–Kier alpha value is -2.38. The van der Waals surface area contributed by atoms with Crippen molar-refractivity contribution < 1.29 is 35.8 Å². The smallest absolute Gasteiger partial charge is 0.429 e. The quantitative estimate of drug-likeness (QED) is 0.372. The Morgan fingerprint density at radius 1 is 0.844 bits per heavy atom. The average molecular weight is 460 g/mol. The lowest BCUT2D eigenvalue weighted by atomic mass is 9.78. The Bertz CT molecular complexity index is 871. The Morgan fingerprint density at radius 2 is 1.47 bits per heavy atom. The molecule has 1 fully saturated rings. The molecule has 0 heterocycles. The van der Waals surface area contributed by atoms with Crippen LogP contribution in [0.2, 0.25) is 0 Å². The number of benzene rings is 2. The zero-order chi connectivity index (χ0) is 23.4. The van der Waals surface area contributed by atoms with Crippen LogP contribution in [0.5, 0.6) is 11.5 Å². The molecule has 2 aromatic carbocycles. The van der Waals surface area contributed by atoms with Crippen molar-refractivity contribution in [2.45, 2.75) is 64.3 Å². The van der Waals surface area contributed by atoms with E-state index in [-0.39, 0.29) is 0 Å². The molecule has 0 unspecified atom stereocenters. The highest BCUT2D eigenvalue weighted by Gasteiger charge is 2.36. The maximum Gasteiger partial charge on any atom is 0.573 e. The van der Waals surface area contributed by atoms with Crippen LogP contribution in [-0.2, 0) is 12.5 Å². The Morgan fingerprint density at radius 3 is 2.03 bits per heavy atom. The first-order valence-electron chi connectivity index (χ1n) is 10.8. The topological polar surface area (TPSA) is 18.5 Å². The Kier molecular flexibility index (Phi) is 7.62. The third-order valence-corrected chi connectivity index (χ3v) is 6.05. The second kappa shape index (κ2) is 10.0. The van der Waals surface area contributed by atoms with E-state index in [0.717, 1.165) is 30.4 Å². The second-order valence-electron chi connectivity index (χ2n) is 8.29. The van der Waals surface area contributed by atoms with Crippen LogP contribution >= 0.6 is 0 Å². The van der Waals surface area contributed by atoms with Crippen LogP contribution in [0, 0.1) is 17.7 Å². The molecule has 0 saturated heterocycles. The van der Waals surface area contributed by atoms with Gasteiger partial charge in [0, 0.05) is 6.07 Å². The molecule has 32 heavy (non-hydrogen) atoms. The van der Waals surface area contributed by atoms with Crippen molar-refractivity contribution in [3.8, 4) is 11.5 Å². The van der Waals surface area contributed by atoms with Gasteiger partial charge >= 0.3 is 12.5 Å². The fourth-order valence-corrected chi connectivity index (χ4v) is 4.12. The van der Waals surface area contributed by atoms with Gasteiger partial charge in [-0.2, -0.15) is 8.78 Å². The highest BCUT2D eigenvalue weighted by atomic mass is 19.4. The van der Waals surface area contributed by atoms with Crippen molar-refractivity contribution in [1.29, 1.82) is 0 Å². The van der Waals surface area contributed by atoms with E-state index in [2.05, 4.69) is 16.4 Å². The van der Waals surface area contributed by atoms with E-state index < -0.39 is 35.4 Å². The molecule has 2 nitrogen and oxygen atoms in total. The van der Waals surface area contributed by atoms with Crippen molar-refractivity contribution in [1.82, 2.24) is 0 Å².